The molecule has 20 heavy (non-hydrogen) atoms. The molecular formula is C16H12BClO2. The zero-order valence-electron chi connectivity index (χ0n) is 10.6. The van der Waals surface area contributed by atoms with E-state index >= 15 is 0 Å². The van der Waals surface area contributed by atoms with Gasteiger partial charge in [0.15, 0.2) is 0 Å². The first-order chi connectivity index (χ1) is 9.65. The highest BCUT2D eigenvalue weighted by atomic mass is 35.5. The Labute approximate surface area is 122 Å². The average Bonchev–Trinajstić information content (AvgIpc) is 2.46. The lowest BCUT2D eigenvalue weighted by Gasteiger charge is -2.09. The largest absolute Gasteiger partial charge is 0.488 e. The van der Waals surface area contributed by atoms with E-state index < -0.39 is 7.12 Å². The highest BCUT2D eigenvalue weighted by Crippen LogP contribution is 2.29. The minimum Gasteiger partial charge on any atom is -0.423 e. The van der Waals surface area contributed by atoms with Crippen molar-refractivity contribution < 1.29 is 10.0 Å². The molecular weight excluding hydrogens is 270 g/mol. The van der Waals surface area contributed by atoms with Crippen molar-refractivity contribution in [3.63, 3.8) is 0 Å². The van der Waals surface area contributed by atoms with E-state index in [4.69, 9.17) is 11.6 Å². The topological polar surface area (TPSA) is 40.5 Å². The number of hydrogen-bond donors (Lipinski definition) is 2. The first kappa shape index (κ1) is 13.2. The molecule has 0 fully saturated rings. The maximum Gasteiger partial charge on any atom is 0.488 e. The van der Waals surface area contributed by atoms with Gasteiger partial charge in [-0.15, -0.1) is 0 Å². The first-order valence-corrected chi connectivity index (χ1v) is 6.68. The van der Waals surface area contributed by atoms with Gasteiger partial charge >= 0.3 is 7.12 Å². The summed E-state index contributed by atoms with van der Waals surface area (Å²) in [6.45, 7) is 0. The van der Waals surface area contributed by atoms with Crippen LogP contribution < -0.4 is 5.46 Å². The Morgan fingerprint density at radius 1 is 0.850 bits per heavy atom. The van der Waals surface area contributed by atoms with Gasteiger partial charge in [0.1, 0.15) is 0 Å². The van der Waals surface area contributed by atoms with Crippen LogP contribution in [0.15, 0.2) is 60.7 Å². The smallest absolute Gasteiger partial charge is 0.423 e. The van der Waals surface area contributed by atoms with Gasteiger partial charge in [0.2, 0.25) is 0 Å². The van der Waals surface area contributed by atoms with E-state index in [-0.39, 0.29) is 0 Å². The molecule has 0 amide bonds. The van der Waals surface area contributed by atoms with Crippen LogP contribution in [0.2, 0.25) is 5.02 Å². The number of rotatable bonds is 2. The van der Waals surface area contributed by atoms with E-state index in [0.717, 1.165) is 21.9 Å². The van der Waals surface area contributed by atoms with Gasteiger partial charge in [0.05, 0.1) is 0 Å². The Kier molecular flexibility index (Phi) is 3.49. The zero-order valence-corrected chi connectivity index (χ0v) is 11.4. The second-order valence-electron chi connectivity index (χ2n) is 4.67. The molecule has 98 valence electrons. The van der Waals surface area contributed by atoms with Crippen LogP contribution in [0.3, 0.4) is 0 Å². The van der Waals surface area contributed by atoms with Crippen LogP contribution in [0, 0.1) is 0 Å². The van der Waals surface area contributed by atoms with Crippen molar-refractivity contribution in [2.24, 2.45) is 0 Å². The summed E-state index contributed by atoms with van der Waals surface area (Å²) >= 11 is 6.07. The van der Waals surface area contributed by atoms with Gasteiger partial charge in [-0.1, -0.05) is 60.1 Å². The van der Waals surface area contributed by atoms with Crippen LogP contribution in [0.4, 0.5) is 0 Å². The molecule has 0 saturated heterocycles. The summed E-state index contributed by atoms with van der Waals surface area (Å²) in [5, 5.41) is 21.4. The van der Waals surface area contributed by atoms with E-state index in [1.807, 2.05) is 48.5 Å². The second-order valence-corrected chi connectivity index (χ2v) is 5.11. The molecule has 4 heteroatoms. The number of hydrogen-bond acceptors (Lipinski definition) is 2. The van der Waals surface area contributed by atoms with Crippen LogP contribution in [0.1, 0.15) is 0 Å². The van der Waals surface area contributed by atoms with Gasteiger partial charge in [-0.05, 0) is 39.5 Å². The van der Waals surface area contributed by atoms with E-state index in [2.05, 4.69) is 0 Å². The fourth-order valence-electron chi connectivity index (χ4n) is 2.39. The molecule has 0 aliphatic carbocycles. The van der Waals surface area contributed by atoms with E-state index in [1.165, 1.54) is 0 Å². The lowest BCUT2D eigenvalue weighted by atomic mass is 9.79. The fraction of sp³-hybridized carbons (Fsp3) is 0. The molecule has 0 aliphatic heterocycles. The maximum absolute atomic E-state index is 9.33. The van der Waals surface area contributed by atoms with Crippen molar-refractivity contribution >= 4 is 35.0 Å². The Hall–Kier alpha value is -1.81. The van der Waals surface area contributed by atoms with Crippen molar-refractivity contribution in [2.75, 3.05) is 0 Å². The van der Waals surface area contributed by atoms with Crippen LogP contribution in [0.5, 0.6) is 0 Å². The molecule has 0 atom stereocenters. The van der Waals surface area contributed by atoms with E-state index in [0.29, 0.717) is 10.5 Å². The van der Waals surface area contributed by atoms with Crippen molar-refractivity contribution in [2.45, 2.75) is 0 Å². The van der Waals surface area contributed by atoms with Crippen LogP contribution in [-0.4, -0.2) is 17.2 Å². The second kappa shape index (κ2) is 5.29. The summed E-state index contributed by atoms with van der Waals surface area (Å²) in [5.74, 6) is 0. The molecule has 3 aromatic rings. The molecule has 2 N–H and O–H groups in total. The van der Waals surface area contributed by atoms with Gasteiger partial charge in [-0.3, -0.25) is 0 Å². The van der Waals surface area contributed by atoms with E-state index in [9.17, 15) is 10.0 Å². The predicted octanol–water partition coefficient (Wildman–Crippen LogP) is 2.84. The van der Waals surface area contributed by atoms with Crippen molar-refractivity contribution in [3.8, 4) is 11.1 Å². The molecule has 0 spiro atoms. The standard InChI is InChI=1S/C16H12BClO2/c18-14-9-12(8-13(10-14)17(19)20)16-7-3-5-11-4-1-2-6-15(11)16/h1-10,19-20H. The lowest BCUT2D eigenvalue weighted by Crippen LogP contribution is -2.29. The Morgan fingerprint density at radius 2 is 1.60 bits per heavy atom. The highest BCUT2D eigenvalue weighted by molar-refractivity contribution is 6.59. The average molecular weight is 283 g/mol. The summed E-state index contributed by atoms with van der Waals surface area (Å²) in [7, 11) is -1.53. The highest BCUT2D eigenvalue weighted by Gasteiger charge is 2.14. The van der Waals surface area contributed by atoms with Gasteiger partial charge in [0.25, 0.3) is 0 Å². The summed E-state index contributed by atoms with van der Waals surface area (Å²) in [4.78, 5) is 0. The third-order valence-electron chi connectivity index (χ3n) is 3.32. The number of fused-ring (bicyclic) bond motifs is 1. The normalized spacial score (nSPS) is 10.8. The summed E-state index contributed by atoms with van der Waals surface area (Å²) in [5.41, 5.74) is 2.28. The molecule has 0 aliphatic rings. The summed E-state index contributed by atoms with van der Waals surface area (Å²) < 4.78 is 0. The van der Waals surface area contributed by atoms with Crippen molar-refractivity contribution in [3.05, 3.63) is 65.7 Å². The molecule has 0 saturated carbocycles. The first-order valence-electron chi connectivity index (χ1n) is 6.30. The number of halogens is 1. The van der Waals surface area contributed by atoms with Crippen molar-refractivity contribution in [1.29, 1.82) is 0 Å². The fourth-order valence-corrected chi connectivity index (χ4v) is 2.64. The van der Waals surface area contributed by atoms with E-state index in [1.54, 1.807) is 12.1 Å². The molecule has 0 aromatic heterocycles. The van der Waals surface area contributed by atoms with Gasteiger partial charge in [0, 0.05) is 5.02 Å². The summed E-state index contributed by atoms with van der Waals surface area (Å²) in [6, 6.07) is 19.2. The predicted molar refractivity (Wildman–Crippen MR) is 84.2 cm³/mol. The van der Waals surface area contributed by atoms with Crippen molar-refractivity contribution in [1.82, 2.24) is 0 Å². The summed E-state index contributed by atoms with van der Waals surface area (Å²) in [6.07, 6.45) is 0. The maximum atomic E-state index is 9.33. The minimum absolute atomic E-state index is 0.389. The third kappa shape index (κ3) is 2.43. The molecule has 3 aromatic carbocycles. The van der Waals surface area contributed by atoms with Gasteiger partial charge in [-0.25, -0.2) is 0 Å². The Bertz CT molecular complexity index is 766. The third-order valence-corrected chi connectivity index (χ3v) is 3.54. The molecule has 3 rings (SSSR count). The minimum atomic E-state index is -1.53. The van der Waals surface area contributed by atoms with Crippen LogP contribution >= 0.6 is 11.6 Å². The molecule has 0 heterocycles. The Balaban J connectivity index is 2.25. The zero-order chi connectivity index (χ0) is 14.1. The van der Waals surface area contributed by atoms with Gasteiger partial charge < -0.3 is 10.0 Å². The quantitative estimate of drug-likeness (QED) is 0.710. The van der Waals surface area contributed by atoms with Gasteiger partial charge in [-0.2, -0.15) is 0 Å². The molecule has 0 bridgehead atoms. The van der Waals surface area contributed by atoms with Crippen LogP contribution in [0.25, 0.3) is 21.9 Å². The Morgan fingerprint density at radius 3 is 2.40 bits per heavy atom. The molecule has 0 radical (unpaired) electrons. The SMILES string of the molecule is OB(O)c1cc(Cl)cc(-c2cccc3ccccc23)c1. The number of benzene rings is 3. The van der Waals surface area contributed by atoms with Crippen LogP contribution in [-0.2, 0) is 0 Å². The lowest BCUT2D eigenvalue weighted by molar-refractivity contribution is 0.426. The molecule has 2 nitrogen and oxygen atoms in total. The molecule has 0 unspecified atom stereocenters. The monoisotopic (exact) mass is 282 g/mol.